The van der Waals surface area contributed by atoms with Crippen molar-refractivity contribution in [3.63, 3.8) is 0 Å². The summed E-state index contributed by atoms with van der Waals surface area (Å²) in [6.45, 7) is 6.38. The molecule has 0 aromatic carbocycles. The van der Waals surface area contributed by atoms with Gasteiger partial charge in [-0.15, -0.1) is 0 Å². The molecule has 0 atom stereocenters. The van der Waals surface area contributed by atoms with Crippen LogP contribution in [0.2, 0.25) is 0 Å². The van der Waals surface area contributed by atoms with Crippen LogP contribution in [-0.4, -0.2) is 30.1 Å². The van der Waals surface area contributed by atoms with E-state index >= 15 is 0 Å². The maximum atomic E-state index is 4.67. The first kappa shape index (κ1) is 15.1. The van der Waals surface area contributed by atoms with Gasteiger partial charge < -0.3 is 10.2 Å². The number of nitrogens with zero attached hydrogens (tertiary/aromatic N) is 3. The summed E-state index contributed by atoms with van der Waals surface area (Å²) < 4.78 is 0. The fourth-order valence-corrected chi connectivity index (χ4v) is 3.31. The molecule has 2 rings (SSSR count). The zero-order valence-electron chi connectivity index (χ0n) is 13.5. The topological polar surface area (TPSA) is 41.1 Å². The molecule has 0 amide bonds. The lowest BCUT2D eigenvalue weighted by molar-refractivity contribution is 0.312. The lowest BCUT2D eigenvalue weighted by atomic mass is 9.84. The summed E-state index contributed by atoms with van der Waals surface area (Å²) in [5.74, 6) is 3.80. The number of nitrogens with one attached hydrogen (secondary N) is 1. The Kier molecular flexibility index (Phi) is 4.84. The first-order valence-electron chi connectivity index (χ1n) is 7.82. The average molecular weight is 276 g/mol. The number of anilines is 2. The molecular weight excluding hydrogens is 248 g/mol. The van der Waals surface area contributed by atoms with Crippen molar-refractivity contribution in [1.82, 2.24) is 9.97 Å². The molecule has 1 aromatic rings. The summed E-state index contributed by atoms with van der Waals surface area (Å²) in [5, 5.41) is 3.17. The van der Waals surface area contributed by atoms with Gasteiger partial charge in [0.1, 0.15) is 17.5 Å². The molecule has 1 heterocycles. The van der Waals surface area contributed by atoms with Gasteiger partial charge in [0.15, 0.2) is 0 Å². The van der Waals surface area contributed by atoms with E-state index in [1.165, 1.54) is 32.1 Å². The van der Waals surface area contributed by atoms with E-state index in [0.717, 1.165) is 28.9 Å². The van der Waals surface area contributed by atoms with E-state index in [0.29, 0.717) is 6.04 Å². The second kappa shape index (κ2) is 6.42. The largest absolute Gasteiger partial charge is 0.373 e. The second-order valence-corrected chi connectivity index (χ2v) is 6.01. The molecule has 4 heteroatoms. The smallest absolute Gasteiger partial charge is 0.137 e. The van der Waals surface area contributed by atoms with Crippen LogP contribution in [0.4, 0.5) is 11.6 Å². The number of hydrogen-bond donors (Lipinski definition) is 1. The Morgan fingerprint density at radius 2 is 1.80 bits per heavy atom. The van der Waals surface area contributed by atoms with Gasteiger partial charge in [-0.25, -0.2) is 9.97 Å². The van der Waals surface area contributed by atoms with Crippen LogP contribution in [0.5, 0.6) is 0 Å². The minimum Gasteiger partial charge on any atom is -0.373 e. The highest BCUT2D eigenvalue weighted by molar-refractivity contribution is 5.58. The SMILES string of the molecule is CCC1CCC(N(C)c2nc(C)nc(NC)c2C)CC1. The van der Waals surface area contributed by atoms with E-state index in [1.54, 1.807) is 0 Å². The molecule has 0 unspecified atom stereocenters. The van der Waals surface area contributed by atoms with Crippen LogP contribution >= 0.6 is 0 Å². The predicted molar refractivity (Wildman–Crippen MR) is 85.5 cm³/mol. The molecule has 0 bridgehead atoms. The van der Waals surface area contributed by atoms with Gasteiger partial charge in [0.25, 0.3) is 0 Å². The summed E-state index contributed by atoms with van der Waals surface area (Å²) in [6, 6.07) is 0.621. The van der Waals surface area contributed by atoms with Gasteiger partial charge in [-0.2, -0.15) is 0 Å². The highest BCUT2D eigenvalue weighted by atomic mass is 15.2. The zero-order chi connectivity index (χ0) is 14.7. The van der Waals surface area contributed by atoms with E-state index in [4.69, 9.17) is 0 Å². The highest BCUT2D eigenvalue weighted by Crippen LogP contribution is 2.32. The summed E-state index contributed by atoms with van der Waals surface area (Å²) in [6.07, 6.45) is 6.60. The normalized spacial score (nSPS) is 22.6. The predicted octanol–water partition coefficient (Wildman–Crippen LogP) is 3.54. The Balaban J connectivity index is 2.17. The summed E-state index contributed by atoms with van der Waals surface area (Å²) in [5.41, 5.74) is 1.15. The molecule has 20 heavy (non-hydrogen) atoms. The number of aromatic nitrogens is 2. The second-order valence-electron chi connectivity index (χ2n) is 6.01. The molecule has 0 spiro atoms. The van der Waals surface area contributed by atoms with Crippen molar-refractivity contribution in [2.45, 2.75) is 58.9 Å². The third-order valence-electron chi connectivity index (χ3n) is 4.74. The molecule has 0 saturated heterocycles. The Hall–Kier alpha value is -1.32. The van der Waals surface area contributed by atoms with Crippen LogP contribution in [0.25, 0.3) is 0 Å². The van der Waals surface area contributed by atoms with Crippen LogP contribution < -0.4 is 10.2 Å². The van der Waals surface area contributed by atoms with Crippen LogP contribution in [0, 0.1) is 19.8 Å². The number of hydrogen-bond acceptors (Lipinski definition) is 4. The molecule has 112 valence electrons. The van der Waals surface area contributed by atoms with Crippen molar-refractivity contribution < 1.29 is 0 Å². The molecule has 1 aromatic heterocycles. The number of rotatable bonds is 4. The maximum absolute atomic E-state index is 4.67. The monoisotopic (exact) mass is 276 g/mol. The minimum atomic E-state index is 0.621. The van der Waals surface area contributed by atoms with Crippen LogP contribution in [-0.2, 0) is 0 Å². The van der Waals surface area contributed by atoms with Crippen molar-refractivity contribution >= 4 is 11.6 Å². The fraction of sp³-hybridized carbons (Fsp3) is 0.750. The molecular formula is C16H28N4. The Bertz CT molecular complexity index is 450. The molecule has 0 aliphatic heterocycles. The Morgan fingerprint density at radius 1 is 1.15 bits per heavy atom. The molecule has 1 saturated carbocycles. The standard InChI is InChI=1S/C16H28N4/c1-6-13-7-9-14(10-8-13)20(5)16-11(2)15(17-4)18-12(3)19-16/h13-14H,6-10H2,1-5H3,(H,17,18,19). The van der Waals surface area contributed by atoms with Gasteiger partial charge in [0.2, 0.25) is 0 Å². The first-order valence-corrected chi connectivity index (χ1v) is 7.82. The molecule has 1 fully saturated rings. The molecule has 1 N–H and O–H groups in total. The van der Waals surface area contributed by atoms with Crippen molar-refractivity contribution in [2.24, 2.45) is 5.92 Å². The Morgan fingerprint density at radius 3 is 2.35 bits per heavy atom. The molecule has 1 aliphatic rings. The van der Waals surface area contributed by atoms with Crippen LogP contribution in [0.1, 0.15) is 50.4 Å². The highest BCUT2D eigenvalue weighted by Gasteiger charge is 2.25. The van der Waals surface area contributed by atoms with Crippen molar-refractivity contribution in [3.8, 4) is 0 Å². The van der Waals surface area contributed by atoms with E-state index in [9.17, 15) is 0 Å². The van der Waals surface area contributed by atoms with Gasteiger partial charge in [-0.1, -0.05) is 13.3 Å². The minimum absolute atomic E-state index is 0.621. The van der Waals surface area contributed by atoms with Crippen LogP contribution in [0.3, 0.4) is 0 Å². The van der Waals surface area contributed by atoms with Gasteiger partial charge in [-0.3, -0.25) is 0 Å². The lowest BCUT2D eigenvalue weighted by Gasteiger charge is -2.36. The van der Waals surface area contributed by atoms with Crippen molar-refractivity contribution in [1.29, 1.82) is 0 Å². The molecule has 4 nitrogen and oxygen atoms in total. The summed E-state index contributed by atoms with van der Waals surface area (Å²) in [4.78, 5) is 11.5. The summed E-state index contributed by atoms with van der Waals surface area (Å²) >= 11 is 0. The zero-order valence-corrected chi connectivity index (χ0v) is 13.5. The van der Waals surface area contributed by atoms with E-state index in [1.807, 2.05) is 14.0 Å². The van der Waals surface area contributed by atoms with E-state index in [2.05, 4.69) is 41.1 Å². The van der Waals surface area contributed by atoms with Gasteiger partial charge in [0, 0.05) is 25.7 Å². The Labute approximate surface area is 123 Å². The lowest BCUT2D eigenvalue weighted by Crippen LogP contribution is -2.36. The van der Waals surface area contributed by atoms with E-state index < -0.39 is 0 Å². The number of aryl methyl sites for hydroxylation is 1. The van der Waals surface area contributed by atoms with Crippen molar-refractivity contribution in [2.75, 3.05) is 24.3 Å². The van der Waals surface area contributed by atoms with Gasteiger partial charge >= 0.3 is 0 Å². The quantitative estimate of drug-likeness (QED) is 0.913. The fourth-order valence-electron chi connectivity index (χ4n) is 3.31. The third-order valence-corrected chi connectivity index (χ3v) is 4.74. The molecule has 0 radical (unpaired) electrons. The van der Waals surface area contributed by atoms with Gasteiger partial charge in [-0.05, 0) is 45.4 Å². The van der Waals surface area contributed by atoms with E-state index in [-0.39, 0.29) is 0 Å². The first-order chi connectivity index (χ1) is 9.56. The average Bonchev–Trinajstić information content (AvgIpc) is 2.48. The van der Waals surface area contributed by atoms with Gasteiger partial charge in [0.05, 0.1) is 0 Å². The van der Waals surface area contributed by atoms with Crippen LogP contribution in [0.15, 0.2) is 0 Å². The molecule has 1 aliphatic carbocycles. The maximum Gasteiger partial charge on any atom is 0.137 e. The van der Waals surface area contributed by atoms with Crippen molar-refractivity contribution in [3.05, 3.63) is 11.4 Å². The summed E-state index contributed by atoms with van der Waals surface area (Å²) in [7, 11) is 4.11. The third kappa shape index (κ3) is 3.05.